The number of imidazole rings is 1. The van der Waals surface area contributed by atoms with Crippen LogP contribution in [0.4, 0.5) is 11.4 Å². The summed E-state index contributed by atoms with van der Waals surface area (Å²) < 4.78 is 0. The maximum absolute atomic E-state index is 4.50. The number of benzene rings is 8. The summed E-state index contributed by atoms with van der Waals surface area (Å²) in [6, 6.07) is 56.3. The summed E-state index contributed by atoms with van der Waals surface area (Å²) in [4.78, 5) is 13.5. The van der Waals surface area contributed by atoms with E-state index in [-0.39, 0.29) is 7.43 Å². The standard InChI is InChI=1S/C11H10.C10H11N.C9H11N.2C9H9N.C8H8N2.C7H7N3.7CH3B.CH4/c1-9-5-4-7-10-6-2-3-8-11(9)10;1-7-4-3-5-10-9(7)6-8(2)11-10;3*1-7-3-2-4-9-8(7)5-6-10-9;1-6-3-2-4-7-8(6)10-5-9-7;1-5-3-2-4-6-7(5)9-10-8-6;7*1-2;/h2-8H,1H3;3-5,11H,2,6H2,1H3;2-4,10H,5-6H2,1H3;2*2-6,10H,1H3;2-5H,1H3,(H,9,10);2-4H,1H3,(H,8,9,10);7*1H3;1H4. The van der Waals surface area contributed by atoms with Crippen LogP contribution in [0, 0.1) is 48.5 Å². The Balaban J connectivity index is 0.000000957. The Hall–Kier alpha value is -8.24. The van der Waals surface area contributed by atoms with E-state index < -0.39 is 0 Å². The molecule has 2 aliphatic rings. The third kappa shape index (κ3) is 24.6. The van der Waals surface area contributed by atoms with Crippen molar-refractivity contribution in [3.63, 3.8) is 0 Å². The summed E-state index contributed by atoms with van der Waals surface area (Å²) in [5, 5.41) is 22.4. The molecule has 0 atom stereocenters. The molecular formula is C71H90B7N9. The van der Waals surface area contributed by atoms with Crippen molar-refractivity contribution < 1.29 is 0 Å². The van der Waals surface area contributed by atoms with Crippen LogP contribution in [0.5, 0.6) is 0 Å². The number of para-hydroxylation sites is 2. The van der Waals surface area contributed by atoms with E-state index in [1.165, 1.54) is 143 Å². The number of nitrogens with one attached hydrogen (secondary N) is 6. The number of hydrogen-bond acceptors (Lipinski definition) is 5. The van der Waals surface area contributed by atoms with E-state index in [0.717, 1.165) is 46.3 Å². The molecule has 87 heavy (non-hydrogen) atoms. The Morgan fingerprint density at radius 1 is 0.391 bits per heavy atom. The average Bonchev–Trinajstić information content (AvgIpc) is 3.83. The molecule has 0 unspecified atom stereocenters. The highest BCUT2D eigenvalue weighted by atomic mass is 15.3. The van der Waals surface area contributed by atoms with Crippen LogP contribution in [-0.2, 0) is 12.8 Å². The van der Waals surface area contributed by atoms with Gasteiger partial charge in [0.05, 0.1) is 72.3 Å². The van der Waals surface area contributed by atoms with Crippen LogP contribution in [0.2, 0.25) is 47.8 Å². The van der Waals surface area contributed by atoms with E-state index in [9.17, 15) is 0 Å². The molecule has 6 N–H and O–H groups in total. The van der Waals surface area contributed by atoms with Gasteiger partial charge >= 0.3 is 0 Å². The smallest absolute Gasteiger partial charge is 0.115 e. The maximum atomic E-state index is 4.50. The normalized spacial score (nSPS) is 10.0. The summed E-state index contributed by atoms with van der Waals surface area (Å²) in [5.41, 5.74) is 22.3. The molecular weight excluding hydrogens is 1050 g/mol. The van der Waals surface area contributed by atoms with Crippen LogP contribution >= 0.6 is 0 Å². The first-order valence-electron chi connectivity index (χ1n) is 28.6. The molecule has 14 radical (unpaired) electrons. The number of aromatic amines is 4. The zero-order valence-electron chi connectivity index (χ0n) is 53.5. The van der Waals surface area contributed by atoms with Crippen molar-refractivity contribution in [1.29, 1.82) is 0 Å². The van der Waals surface area contributed by atoms with Crippen molar-refractivity contribution in [2.45, 2.75) is 116 Å². The molecule has 9 nitrogen and oxygen atoms in total. The van der Waals surface area contributed by atoms with Crippen LogP contribution in [0.15, 0.2) is 195 Å². The molecule has 14 rings (SSSR count). The van der Waals surface area contributed by atoms with Crippen molar-refractivity contribution in [3.8, 4) is 0 Å². The third-order valence-corrected chi connectivity index (χ3v) is 13.0. The second-order valence-electron chi connectivity index (χ2n) is 18.2. The molecule has 0 bridgehead atoms. The van der Waals surface area contributed by atoms with Gasteiger partial charge in [0.2, 0.25) is 0 Å². The number of anilines is 2. The molecule has 0 saturated carbocycles. The van der Waals surface area contributed by atoms with Crippen LogP contribution in [0.25, 0.3) is 54.6 Å². The van der Waals surface area contributed by atoms with Crippen molar-refractivity contribution in [3.05, 3.63) is 245 Å². The largest absolute Gasteiger partial charge is 0.384 e. The Bertz CT molecular complexity index is 3440. The fourth-order valence-corrected chi connectivity index (χ4v) is 9.02. The van der Waals surface area contributed by atoms with E-state index >= 15 is 0 Å². The monoisotopic (exact) mass is 1150 g/mol. The van der Waals surface area contributed by atoms with Crippen molar-refractivity contribution >= 4 is 121 Å². The van der Waals surface area contributed by atoms with Crippen molar-refractivity contribution in [2.75, 3.05) is 17.2 Å². The second kappa shape index (κ2) is 46.0. The van der Waals surface area contributed by atoms with Crippen LogP contribution in [0.3, 0.4) is 0 Å². The number of aryl methyl sites for hydroxylation is 7. The number of allylic oxidation sites excluding steroid dienone is 1. The van der Waals surface area contributed by atoms with E-state index in [2.05, 4.69) is 282 Å². The summed E-state index contributed by atoms with van der Waals surface area (Å²) in [7, 11) is 31.5. The van der Waals surface area contributed by atoms with Crippen LogP contribution in [-0.4, -0.2) is 96.8 Å². The van der Waals surface area contributed by atoms with Gasteiger partial charge in [0.1, 0.15) is 11.0 Å². The Kier molecular flexibility index (Phi) is 41.7. The molecule has 12 aromatic rings. The number of fused-ring (bicyclic) bond motifs is 7. The molecule has 440 valence electrons. The zero-order valence-corrected chi connectivity index (χ0v) is 53.5. The van der Waals surface area contributed by atoms with Gasteiger partial charge in [-0.3, -0.25) is 0 Å². The first-order valence-corrected chi connectivity index (χ1v) is 28.6. The van der Waals surface area contributed by atoms with Crippen LogP contribution < -0.4 is 10.6 Å². The van der Waals surface area contributed by atoms with Crippen molar-refractivity contribution in [1.82, 2.24) is 35.3 Å². The molecule has 0 spiro atoms. The van der Waals surface area contributed by atoms with E-state index in [1.54, 1.807) is 6.33 Å². The van der Waals surface area contributed by atoms with E-state index in [1.807, 2.05) is 49.6 Å². The summed E-state index contributed by atoms with van der Waals surface area (Å²) >= 11 is 0. The lowest BCUT2D eigenvalue weighted by molar-refractivity contribution is 0.958. The Morgan fingerprint density at radius 2 is 0.828 bits per heavy atom. The molecule has 8 aromatic carbocycles. The van der Waals surface area contributed by atoms with Crippen molar-refractivity contribution in [2.24, 2.45) is 0 Å². The first kappa shape index (κ1) is 78.8. The van der Waals surface area contributed by atoms with Gasteiger partial charge in [-0.05, 0) is 164 Å². The second-order valence-corrected chi connectivity index (χ2v) is 18.2. The van der Waals surface area contributed by atoms with Gasteiger partial charge < -0.3 is 25.6 Å². The minimum atomic E-state index is 0. The molecule has 4 aromatic heterocycles. The lowest BCUT2D eigenvalue weighted by atomic mass is 10.1. The molecule has 0 aliphatic carbocycles. The first-order chi connectivity index (χ1) is 42.0. The molecule has 16 heteroatoms. The highest BCUT2D eigenvalue weighted by Crippen LogP contribution is 2.29. The highest BCUT2D eigenvalue weighted by Gasteiger charge is 2.14. The van der Waals surface area contributed by atoms with E-state index in [0.29, 0.717) is 0 Å². The third-order valence-electron chi connectivity index (χ3n) is 13.0. The SMILES string of the molecule is C.C=C1Cc2c(C)cccc2N1.Cc1cccc2[nH]ccc12.Cc1cccc2[nH]ccc12.Cc1cccc2[nH]cnc12.Cc1cccc2c1CCN2.Cc1cccc2ccccc12.Cc1cccc2n[nH]nc12.[B]C.[B]C.[B]C.[B]C.[B]C.[B]C.[B]C. The van der Waals surface area contributed by atoms with Gasteiger partial charge in [-0.2, -0.15) is 15.4 Å². The predicted molar refractivity (Wildman–Crippen MR) is 393 cm³/mol. The minimum Gasteiger partial charge on any atom is -0.384 e. The number of rotatable bonds is 0. The number of nitrogens with zero attached hydrogens (tertiary/aromatic N) is 3. The highest BCUT2D eigenvalue weighted by molar-refractivity contribution is 6.06. The Morgan fingerprint density at radius 3 is 1.33 bits per heavy atom. The average molecular weight is 1150 g/mol. The molecule has 2 aliphatic heterocycles. The van der Waals surface area contributed by atoms with Crippen LogP contribution in [0.1, 0.15) is 57.5 Å². The Labute approximate surface area is 531 Å². The molecule has 0 saturated heterocycles. The quantitative estimate of drug-likeness (QED) is 0.0844. The van der Waals surface area contributed by atoms with Gasteiger partial charge in [0.15, 0.2) is 0 Å². The number of aromatic nitrogens is 7. The fraction of sp³-hybridized carbons (Fsp3) is 0.254. The zero-order chi connectivity index (χ0) is 64.4. The summed E-state index contributed by atoms with van der Waals surface area (Å²) in [6.45, 7) is 30.3. The van der Waals surface area contributed by atoms with Gasteiger partial charge in [0.25, 0.3) is 0 Å². The number of hydrogen-bond donors (Lipinski definition) is 6. The van der Waals surface area contributed by atoms with E-state index in [4.69, 9.17) is 0 Å². The topological polar surface area (TPSA) is 126 Å². The fourth-order valence-electron chi connectivity index (χ4n) is 9.02. The number of H-pyrrole nitrogens is 4. The van der Waals surface area contributed by atoms with Gasteiger partial charge in [-0.15, -0.1) is 0 Å². The molecule has 0 fully saturated rings. The predicted octanol–water partition coefficient (Wildman–Crippen LogP) is 17.7. The molecule has 0 amide bonds. The summed E-state index contributed by atoms with van der Waals surface area (Å²) in [5.74, 6) is 0. The lowest BCUT2D eigenvalue weighted by Gasteiger charge is -2.00. The minimum absolute atomic E-state index is 0. The molecule has 6 heterocycles. The lowest BCUT2D eigenvalue weighted by Crippen LogP contribution is -1.90. The summed E-state index contributed by atoms with van der Waals surface area (Å²) in [6.07, 6.45) is 7.84. The maximum Gasteiger partial charge on any atom is 0.115 e. The van der Waals surface area contributed by atoms with Gasteiger partial charge in [-0.25, -0.2) is 4.98 Å². The van der Waals surface area contributed by atoms with Gasteiger partial charge in [0, 0.05) is 64.2 Å². The van der Waals surface area contributed by atoms with Gasteiger partial charge in [-0.1, -0.05) is 177 Å².